The number of carbonyl (C=O) groups is 3. The Balaban J connectivity index is 1.58. The maximum atomic E-state index is 13.5. The first-order chi connectivity index (χ1) is 17.8. The number of imide groups is 2. The summed E-state index contributed by atoms with van der Waals surface area (Å²) < 4.78 is 6.12. The Hall–Kier alpha value is -4.13. The monoisotopic (exact) mass is 530 g/mol. The van der Waals surface area contributed by atoms with Gasteiger partial charge in [-0.3, -0.25) is 14.9 Å². The zero-order valence-electron chi connectivity index (χ0n) is 19.6. The van der Waals surface area contributed by atoms with Gasteiger partial charge in [-0.2, -0.15) is 0 Å². The Kier molecular flexibility index (Phi) is 6.70. The number of nitrogens with zero attached hydrogens (tertiary/aromatic N) is 1. The Morgan fingerprint density at radius 3 is 2.51 bits per heavy atom. The number of fused-ring (bicyclic) bond motifs is 1. The molecule has 0 bridgehead atoms. The van der Waals surface area contributed by atoms with Crippen molar-refractivity contribution in [2.75, 3.05) is 4.90 Å². The molecule has 1 aliphatic rings. The molecule has 5 rings (SSSR count). The highest BCUT2D eigenvalue weighted by atomic mass is 35.5. The molecular weight excluding hydrogens is 511 g/mol. The topological polar surface area (TPSA) is 75.7 Å². The van der Waals surface area contributed by atoms with Gasteiger partial charge in [0.2, 0.25) is 0 Å². The number of ether oxygens (including phenoxy) is 1. The minimum Gasteiger partial charge on any atom is -0.488 e. The van der Waals surface area contributed by atoms with Crippen LogP contribution in [-0.4, -0.2) is 17.8 Å². The number of amides is 4. The number of halogens is 2. The maximum Gasteiger partial charge on any atom is 0.335 e. The van der Waals surface area contributed by atoms with Crippen molar-refractivity contribution in [2.45, 2.75) is 13.5 Å². The summed E-state index contributed by atoms with van der Waals surface area (Å²) in [6.45, 7) is 1.99. The average Bonchev–Trinajstić information content (AvgIpc) is 2.86. The van der Waals surface area contributed by atoms with E-state index in [1.807, 2.05) is 43.3 Å². The van der Waals surface area contributed by atoms with E-state index in [1.54, 1.807) is 42.5 Å². The molecular formula is C29H20Cl2N2O4. The Bertz CT molecular complexity index is 1610. The van der Waals surface area contributed by atoms with Crippen LogP contribution in [0.3, 0.4) is 0 Å². The van der Waals surface area contributed by atoms with E-state index in [1.165, 1.54) is 6.08 Å². The second-order valence-electron chi connectivity index (χ2n) is 8.52. The molecule has 4 aromatic carbocycles. The smallest absolute Gasteiger partial charge is 0.335 e. The third-order valence-electron chi connectivity index (χ3n) is 5.98. The van der Waals surface area contributed by atoms with Crippen LogP contribution in [0.4, 0.5) is 10.5 Å². The van der Waals surface area contributed by atoms with Gasteiger partial charge in [-0.1, -0.05) is 71.7 Å². The van der Waals surface area contributed by atoms with Crippen molar-refractivity contribution in [3.8, 4) is 5.75 Å². The fraction of sp³-hybridized carbons (Fsp3) is 0.0690. The zero-order valence-corrected chi connectivity index (χ0v) is 21.1. The summed E-state index contributed by atoms with van der Waals surface area (Å²) in [5.41, 5.74) is 2.30. The predicted molar refractivity (Wildman–Crippen MR) is 145 cm³/mol. The van der Waals surface area contributed by atoms with Crippen molar-refractivity contribution in [1.82, 2.24) is 5.32 Å². The van der Waals surface area contributed by atoms with Gasteiger partial charge >= 0.3 is 6.03 Å². The molecule has 6 nitrogen and oxygen atoms in total. The highest BCUT2D eigenvalue weighted by molar-refractivity contribution is 6.39. The molecule has 1 fully saturated rings. The summed E-state index contributed by atoms with van der Waals surface area (Å²) in [7, 11) is 0. The van der Waals surface area contributed by atoms with Crippen LogP contribution < -0.4 is 15.0 Å². The van der Waals surface area contributed by atoms with Crippen LogP contribution >= 0.6 is 23.2 Å². The van der Waals surface area contributed by atoms with Gasteiger partial charge in [-0.15, -0.1) is 0 Å². The second kappa shape index (κ2) is 10.1. The molecule has 0 unspecified atom stereocenters. The van der Waals surface area contributed by atoms with Gasteiger partial charge in [0.05, 0.1) is 5.69 Å². The fourth-order valence-electron chi connectivity index (χ4n) is 4.15. The number of benzene rings is 4. The summed E-state index contributed by atoms with van der Waals surface area (Å²) in [6, 6.07) is 22.5. The van der Waals surface area contributed by atoms with E-state index < -0.39 is 17.8 Å². The van der Waals surface area contributed by atoms with Crippen molar-refractivity contribution in [2.24, 2.45) is 0 Å². The summed E-state index contributed by atoms with van der Waals surface area (Å²) in [5.74, 6) is -1.06. The van der Waals surface area contributed by atoms with Crippen LogP contribution in [0.1, 0.15) is 16.7 Å². The number of urea groups is 1. The largest absolute Gasteiger partial charge is 0.488 e. The van der Waals surface area contributed by atoms with E-state index in [9.17, 15) is 14.4 Å². The summed E-state index contributed by atoms with van der Waals surface area (Å²) >= 11 is 12.3. The molecule has 4 amide bonds. The third-order valence-corrected chi connectivity index (χ3v) is 6.57. The summed E-state index contributed by atoms with van der Waals surface area (Å²) in [5, 5.41) is 4.91. The Labute approximate surface area is 223 Å². The van der Waals surface area contributed by atoms with Gasteiger partial charge in [0, 0.05) is 21.2 Å². The number of barbiturate groups is 1. The van der Waals surface area contributed by atoms with Gasteiger partial charge in [0.15, 0.2) is 0 Å². The molecule has 1 saturated heterocycles. The summed E-state index contributed by atoms with van der Waals surface area (Å²) in [4.78, 5) is 39.9. The van der Waals surface area contributed by atoms with Crippen LogP contribution in [-0.2, 0) is 16.2 Å². The normalized spacial score (nSPS) is 14.8. The molecule has 0 atom stereocenters. The molecule has 4 aromatic rings. The molecule has 1 heterocycles. The zero-order chi connectivity index (χ0) is 26.1. The average molecular weight is 531 g/mol. The predicted octanol–water partition coefficient (Wildman–Crippen LogP) is 6.70. The molecule has 1 N–H and O–H groups in total. The third kappa shape index (κ3) is 4.94. The van der Waals surface area contributed by atoms with Crippen LogP contribution in [0.25, 0.3) is 16.8 Å². The van der Waals surface area contributed by atoms with Gasteiger partial charge in [-0.25, -0.2) is 9.69 Å². The molecule has 184 valence electrons. The van der Waals surface area contributed by atoms with E-state index in [-0.39, 0.29) is 12.2 Å². The second-order valence-corrected chi connectivity index (χ2v) is 9.36. The lowest BCUT2D eigenvalue weighted by atomic mass is 9.99. The van der Waals surface area contributed by atoms with E-state index in [0.717, 1.165) is 26.8 Å². The molecule has 0 aliphatic carbocycles. The van der Waals surface area contributed by atoms with Crippen LogP contribution in [0, 0.1) is 6.92 Å². The maximum absolute atomic E-state index is 13.5. The lowest BCUT2D eigenvalue weighted by Gasteiger charge is -2.26. The highest BCUT2D eigenvalue weighted by Gasteiger charge is 2.37. The first kappa shape index (κ1) is 24.6. The fourth-order valence-corrected chi connectivity index (χ4v) is 4.61. The van der Waals surface area contributed by atoms with E-state index in [4.69, 9.17) is 27.9 Å². The van der Waals surface area contributed by atoms with Gasteiger partial charge in [-0.05, 0) is 59.7 Å². The van der Waals surface area contributed by atoms with Crippen LogP contribution in [0.2, 0.25) is 10.0 Å². The van der Waals surface area contributed by atoms with Gasteiger partial charge in [0.25, 0.3) is 11.8 Å². The van der Waals surface area contributed by atoms with E-state index in [0.29, 0.717) is 27.0 Å². The van der Waals surface area contributed by atoms with E-state index >= 15 is 0 Å². The lowest BCUT2D eigenvalue weighted by molar-refractivity contribution is -0.122. The van der Waals surface area contributed by atoms with Crippen molar-refractivity contribution >= 4 is 63.6 Å². The molecule has 0 saturated carbocycles. The first-order valence-corrected chi connectivity index (χ1v) is 12.1. The van der Waals surface area contributed by atoms with Gasteiger partial charge in [0.1, 0.15) is 17.9 Å². The molecule has 0 spiro atoms. The SMILES string of the molecule is Cc1cccc(N2C(=O)NC(=O)/C(=C\c3c(OCc4ccc(Cl)cc4Cl)ccc4ccccc34)C2=O)c1. The Morgan fingerprint density at radius 2 is 1.73 bits per heavy atom. The molecule has 8 heteroatoms. The van der Waals surface area contributed by atoms with Crippen molar-refractivity contribution in [3.05, 3.63) is 111 Å². The number of nitrogens with one attached hydrogen (secondary N) is 1. The van der Waals surface area contributed by atoms with E-state index in [2.05, 4.69) is 5.32 Å². The number of carbonyl (C=O) groups excluding carboxylic acids is 3. The van der Waals surface area contributed by atoms with Gasteiger partial charge < -0.3 is 4.74 Å². The minimum absolute atomic E-state index is 0.137. The van der Waals surface area contributed by atoms with Crippen LogP contribution in [0.5, 0.6) is 5.75 Å². The number of hydrogen-bond donors (Lipinski definition) is 1. The number of rotatable bonds is 5. The van der Waals surface area contributed by atoms with Crippen molar-refractivity contribution in [3.63, 3.8) is 0 Å². The van der Waals surface area contributed by atoms with Crippen LogP contribution in [0.15, 0.2) is 84.4 Å². The number of aryl methyl sites for hydroxylation is 1. The number of hydrogen-bond acceptors (Lipinski definition) is 4. The minimum atomic E-state index is -0.801. The molecule has 1 aliphatic heterocycles. The molecule has 37 heavy (non-hydrogen) atoms. The lowest BCUT2D eigenvalue weighted by Crippen LogP contribution is -2.54. The van der Waals surface area contributed by atoms with Crippen molar-refractivity contribution < 1.29 is 19.1 Å². The number of anilines is 1. The summed E-state index contributed by atoms with van der Waals surface area (Å²) in [6.07, 6.45) is 1.47. The standard InChI is InChI=1S/C29H20Cl2N2O4/c1-17-5-4-7-21(13-17)33-28(35)24(27(34)32-29(33)36)15-23-22-8-3-2-6-18(22)10-12-26(23)37-16-19-9-11-20(30)14-25(19)31/h2-15H,16H2,1H3,(H,32,34,36)/b24-15+. The molecule has 0 aromatic heterocycles. The quantitative estimate of drug-likeness (QED) is 0.230. The van der Waals surface area contributed by atoms with Crippen molar-refractivity contribution in [1.29, 1.82) is 0 Å². The highest BCUT2D eigenvalue weighted by Crippen LogP contribution is 2.33. The Morgan fingerprint density at radius 1 is 0.919 bits per heavy atom. The molecule has 0 radical (unpaired) electrons. The first-order valence-electron chi connectivity index (χ1n) is 11.4.